The van der Waals surface area contributed by atoms with E-state index in [0.717, 1.165) is 17.5 Å². The van der Waals surface area contributed by atoms with Gasteiger partial charge in [0.2, 0.25) is 0 Å². The number of H-pyrrole nitrogens is 1. The molecule has 1 aliphatic heterocycles. The minimum Gasteiger partial charge on any atom is -0.346 e. The normalized spacial score (nSPS) is 16.8. The first-order valence-corrected chi connectivity index (χ1v) is 9.42. The zero-order valence-corrected chi connectivity index (χ0v) is 16.2. The summed E-state index contributed by atoms with van der Waals surface area (Å²) in [6.07, 6.45) is 0.473. The minimum atomic E-state index is -4.55. The molecule has 0 unspecified atom stereocenters. The highest BCUT2D eigenvalue weighted by Crippen LogP contribution is 2.35. The quantitative estimate of drug-likeness (QED) is 0.521. The maximum Gasteiger partial charge on any atom is 0.416 e. The second kappa shape index (κ2) is 6.83. The Bertz CT molecular complexity index is 1290. The van der Waals surface area contributed by atoms with Gasteiger partial charge in [0.25, 0.3) is 0 Å². The predicted octanol–water partition coefficient (Wildman–Crippen LogP) is 3.74. The van der Waals surface area contributed by atoms with Crippen molar-refractivity contribution >= 4 is 22.9 Å². The standard InChI is InChI=1S/C20H16F3N7O/c1-11-8-13(20(21,22)23)9-16(27-11)30-14(10-26-19(30)31)18-25-6-7-29(18)15-3-2-12-4-5-24-17(12)28-15/h2-9,14H,10H2,1H3,(H,24,28)(H,26,31)/t14-/m0/s1. The molecule has 1 aliphatic rings. The number of fused-ring (bicyclic) bond motifs is 1. The number of urea groups is 1. The molecule has 2 N–H and O–H groups in total. The molecular weight excluding hydrogens is 411 g/mol. The number of anilines is 1. The van der Waals surface area contributed by atoms with Crippen LogP contribution in [0.25, 0.3) is 16.9 Å². The van der Waals surface area contributed by atoms with Gasteiger partial charge in [0.15, 0.2) is 0 Å². The van der Waals surface area contributed by atoms with Gasteiger partial charge in [0.05, 0.1) is 5.56 Å². The van der Waals surface area contributed by atoms with Crippen LogP contribution in [0.3, 0.4) is 0 Å². The summed E-state index contributed by atoms with van der Waals surface area (Å²) in [5, 5.41) is 3.61. The summed E-state index contributed by atoms with van der Waals surface area (Å²) in [5.74, 6) is 0.929. The van der Waals surface area contributed by atoms with Gasteiger partial charge < -0.3 is 10.3 Å². The van der Waals surface area contributed by atoms with Crippen molar-refractivity contribution in [2.24, 2.45) is 0 Å². The van der Waals surface area contributed by atoms with Gasteiger partial charge in [-0.25, -0.2) is 19.7 Å². The number of nitrogens with one attached hydrogen (secondary N) is 2. The van der Waals surface area contributed by atoms with E-state index in [1.165, 1.54) is 11.8 Å². The number of halogens is 3. The van der Waals surface area contributed by atoms with Crippen molar-refractivity contribution in [3.8, 4) is 5.82 Å². The van der Waals surface area contributed by atoms with Crippen LogP contribution in [0.4, 0.5) is 23.8 Å². The van der Waals surface area contributed by atoms with E-state index in [0.29, 0.717) is 17.3 Å². The van der Waals surface area contributed by atoms with Gasteiger partial charge in [-0.15, -0.1) is 0 Å². The van der Waals surface area contributed by atoms with E-state index in [4.69, 9.17) is 0 Å². The second-order valence-corrected chi connectivity index (χ2v) is 7.17. The third kappa shape index (κ3) is 3.27. The fourth-order valence-electron chi connectivity index (χ4n) is 3.72. The van der Waals surface area contributed by atoms with Gasteiger partial charge in [-0.05, 0) is 37.3 Å². The second-order valence-electron chi connectivity index (χ2n) is 7.17. The highest BCUT2D eigenvalue weighted by Gasteiger charge is 2.39. The van der Waals surface area contributed by atoms with E-state index < -0.39 is 23.8 Å². The number of nitrogens with zero attached hydrogens (tertiary/aromatic N) is 5. The molecule has 5 heterocycles. The summed E-state index contributed by atoms with van der Waals surface area (Å²) in [4.78, 5) is 29.9. The van der Waals surface area contributed by atoms with Crippen molar-refractivity contribution in [3.63, 3.8) is 0 Å². The summed E-state index contributed by atoms with van der Waals surface area (Å²) >= 11 is 0. The van der Waals surface area contributed by atoms with Gasteiger partial charge in [-0.2, -0.15) is 13.2 Å². The predicted molar refractivity (Wildman–Crippen MR) is 106 cm³/mol. The number of hydrogen-bond acceptors (Lipinski definition) is 4. The molecule has 158 valence electrons. The molecule has 0 spiro atoms. The number of pyridine rings is 2. The lowest BCUT2D eigenvalue weighted by Gasteiger charge is -2.23. The molecular formula is C20H16F3N7O. The Morgan fingerprint density at radius 1 is 1.13 bits per heavy atom. The minimum absolute atomic E-state index is 0.0883. The number of rotatable bonds is 3. The van der Waals surface area contributed by atoms with Crippen LogP contribution in [0.2, 0.25) is 0 Å². The molecule has 11 heteroatoms. The van der Waals surface area contributed by atoms with Crippen LogP contribution in [-0.2, 0) is 6.18 Å². The van der Waals surface area contributed by atoms with Crippen molar-refractivity contribution in [3.05, 3.63) is 66.0 Å². The number of amides is 2. The zero-order valence-electron chi connectivity index (χ0n) is 16.2. The number of hydrogen-bond donors (Lipinski definition) is 2. The lowest BCUT2D eigenvalue weighted by molar-refractivity contribution is -0.137. The highest BCUT2D eigenvalue weighted by molar-refractivity contribution is 5.94. The topological polar surface area (TPSA) is 91.7 Å². The number of imidazole rings is 1. The van der Waals surface area contributed by atoms with Crippen molar-refractivity contribution in [2.75, 3.05) is 11.4 Å². The Morgan fingerprint density at radius 3 is 2.77 bits per heavy atom. The van der Waals surface area contributed by atoms with Crippen molar-refractivity contribution in [1.82, 2.24) is 29.8 Å². The van der Waals surface area contributed by atoms with E-state index in [-0.39, 0.29) is 18.1 Å². The van der Waals surface area contributed by atoms with E-state index in [1.54, 1.807) is 23.2 Å². The monoisotopic (exact) mass is 427 g/mol. The Labute approximate surface area is 173 Å². The summed E-state index contributed by atoms with van der Waals surface area (Å²) in [7, 11) is 0. The van der Waals surface area contributed by atoms with Gasteiger partial charge in [0, 0.05) is 36.2 Å². The average molecular weight is 427 g/mol. The zero-order chi connectivity index (χ0) is 21.8. The average Bonchev–Trinajstić information content (AvgIpc) is 3.45. The van der Waals surface area contributed by atoms with Crippen LogP contribution in [0, 0.1) is 6.92 Å². The number of aromatic amines is 1. The summed E-state index contributed by atoms with van der Waals surface area (Å²) in [6, 6.07) is 6.21. The Kier molecular flexibility index (Phi) is 4.20. The van der Waals surface area contributed by atoms with Gasteiger partial charge in [-0.1, -0.05) is 0 Å². The van der Waals surface area contributed by atoms with Crippen LogP contribution in [-0.4, -0.2) is 37.1 Å². The maximum absolute atomic E-state index is 13.3. The van der Waals surface area contributed by atoms with Gasteiger partial charge in [-0.3, -0.25) is 9.47 Å². The van der Waals surface area contributed by atoms with Crippen molar-refractivity contribution in [2.45, 2.75) is 19.1 Å². The number of carbonyl (C=O) groups is 1. The molecule has 1 saturated heterocycles. The SMILES string of the molecule is Cc1cc(C(F)(F)F)cc(N2C(=O)NC[C@H]2c2nccn2-c2ccc3cc[nH]c3n2)n1. The summed E-state index contributed by atoms with van der Waals surface area (Å²) < 4.78 is 41.7. The van der Waals surface area contributed by atoms with Gasteiger partial charge in [0.1, 0.15) is 29.1 Å². The van der Waals surface area contributed by atoms with Crippen molar-refractivity contribution in [1.29, 1.82) is 0 Å². The van der Waals surface area contributed by atoms with Crippen LogP contribution >= 0.6 is 0 Å². The fourth-order valence-corrected chi connectivity index (χ4v) is 3.72. The Hall–Kier alpha value is -3.89. The molecule has 1 fully saturated rings. The molecule has 1 atom stereocenters. The lowest BCUT2D eigenvalue weighted by Crippen LogP contribution is -2.32. The smallest absolute Gasteiger partial charge is 0.346 e. The van der Waals surface area contributed by atoms with E-state index in [1.807, 2.05) is 18.2 Å². The molecule has 0 aromatic carbocycles. The third-order valence-corrected chi connectivity index (χ3v) is 5.10. The Balaban J connectivity index is 1.58. The largest absolute Gasteiger partial charge is 0.416 e. The first-order chi connectivity index (χ1) is 14.8. The molecule has 5 rings (SSSR count). The first kappa shape index (κ1) is 19.1. The molecule has 2 amide bonds. The fraction of sp³-hybridized carbons (Fsp3) is 0.200. The lowest BCUT2D eigenvalue weighted by atomic mass is 10.2. The number of aryl methyl sites for hydroxylation is 1. The van der Waals surface area contributed by atoms with E-state index in [2.05, 4.69) is 25.3 Å². The van der Waals surface area contributed by atoms with Gasteiger partial charge >= 0.3 is 12.2 Å². The molecule has 4 aromatic heterocycles. The molecule has 8 nitrogen and oxygen atoms in total. The molecule has 0 saturated carbocycles. The number of alkyl halides is 3. The molecule has 0 aliphatic carbocycles. The molecule has 0 radical (unpaired) electrons. The first-order valence-electron chi connectivity index (χ1n) is 9.42. The molecule has 31 heavy (non-hydrogen) atoms. The van der Waals surface area contributed by atoms with Crippen LogP contribution in [0.15, 0.2) is 48.9 Å². The summed E-state index contributed by atoms with van der Waals surface area (Å²) in [6.45, 7) is 1.62. The molecule has 0 bridgehead atoms. The molecule has 4 aromatic rings. The van der Waals surface area contributed by atoms with Crippen molar-refractivity contribution < 1.29 is 18.0 Å². The van der Waals surface area contributed by atoms with Crippen LogP contribution < -0.4 is 10.2 Å². The highest BCUT2D eigenvalue weighted by atomic mass is 19.4. The van der Waals surface area contributed by atoms with Crippen LogP contribution in [0.1, 0.15) is 23.1 Å². The Morgan fingerprint density at radius 2 is 1.97 bits per heavy atom. The van der Waals surface area contributed by atoms with E-state index in [9.17, 15) is 18.0 Å². The summed E-state index contributed by atoms with van der Waals surface area (Å²) in [5.41, 5.74) is -0.0223. The number of aromatic nitrogens is 5. The van der Waals surface area contributed by atoms with Crippen LogP contribution in [0.5, 0.6) is 0 Å². The number of carbonyl (C=O) groups excluding carboxylic acids is 1. The third-order valence-electron chi connectivity index (χ3n) is 5.10. The van der Waals surface area contributed by atoms with E-state index >= 15 is 0 Å². The maximum atomic E-state index is 13.3.